The van der Waals surface area contributed by atoms with Gasteiger partial charge in [0.15, 0.2) is 0 Å². The van der Waals surface area contributed by atoms with Gasteiger partial charge in [0.05, 0.1) is 18.1 Å². The lowest BCUT2D eigenvalue weighted by atomic mass is 9.87. The molecule has 0 atom stereocenters. The van der Waals surface area contributed by atoms with Crippen LogP contribution in [0.1, 0.15) is 56.2 Å². The maximum Gasteiger partial charge on any atom is 0.287 e. The maximum absolute atomic E-state index is 13.3. The molecule has 41 heavy (non-hydrogen) atoms. The molecule has 0 saturated carbocycles. The number of hydrogen-bond donors (Lipinski definition) is 2. The highest BCUT2D eigenvalue weighted by atomic mass is 32.2. The fourth-order valence-corrected chi connectivity index (χ4v) is 5.99. The highest BCUT2D eigenvalue weighted by Gasteiger charge is 2.23. The molecule has 7 nitrogen and oxygen atoms in total. The Balaban J connectivity index is 1.41. The number of carbonyl (C=O) groups is 1. The molecule has 1 amide bonds. The number of ether oxygens (including phenoxy) is 1. The average Bonchev–Trinajstić information content (AvgIpc) is 3.34. The quantitative estimate of drug-likeness (QED) is 0.174. The molecule has 2 heterocycles. The maximum atomic E-state index is 13.3. The number of carbonyl (C=O) groups excluding carboxylic acids is 1. The molecule has 1 saturated heterocycles. The van der Waals surface area contributed by atoms with Crippen LogP contribution in [0.3, 0.4) is 0 Å². The van der Waals surface area contributed by atoms with Gasteiger partial charge in [-0.1, -0.05) is 74.9 Å². The molecule has 214 valence electrons. The first kappa shape index (κ1) is 28.6. The average molecular weight is 573 g/mol. The van der Waals surface area contributed by atoms with E-state index in [4.69, 9.17) is 9.15 Å². The van der Waals surface area contributed by atoms with Crippen molar-refractivity contribution in [2.75, 3.05) is 24.5 Å². The summed E-state index contributed by atoms with van der Waals surface area (Å²) in [6.07, 6.45) is 4.77. The van der Waals surface area contributed by atoms with E-state index in [1.165, 1.54) is 5.57 Å². The molecule has 1 aromatic heterocycles. The molecular weight excluding hydrogens is 536 g/mol. The number of rotatable bonds is 8. The Hall–Kier alpha value is -3.88. The highest BCUT2D eigenvalue weighted by molar-refractivity contribution is 7.92. The number of amides is 1. The second-order valence-electron chi connectivity index (χ2n) is 11.3. The molecule has 0 unspecified atom stereocenters. The topological polar surface area (TPSA) is 97.6 Å². The van der Waals surface area contributed by atoms with Crippen LogP contribution in [0.2, 0.25) is 0 Å². The van der Waals surface area contributed by atoms with E-state index in [2.05, 4.69) is 36.9 Å². The zero-order chi connectivity index (χ0) is 29.0. The molecule has 0 radical (unpaired) electrons. The number of hydrogen-bond acceptors (Lipinski definition) is 5. The third kappa shape index (κ3) is 6.72. The molecule has 0 bridgehead atoms. The molecule has 1 aliphatic rings. The van der Waals surface area contributed by atoms with Crippen molar-refractivity contribution in [2.24, 2.45) is 0 Å². The summed E-state index contributed by atoms with van der Waals surface area (Å²) in [4.78, 5) is 13.5. The van der Waals surface area contributed by atoms with Crippen molar-refractivity contribution in [3.8, 4) is 11.1 Å². The van der Waals surface area contributed by atoms with Crippen LogP contribution in [0, 0.1) is 0 Å². The lowest BCUT2D eigenvalue weighted by Crippen LogP contribution is -2.24. The predicted octanol–water partition coefficient (Wildman–Crippen LogP) is 7.05. The van der Waals surface area contributed by atoms with Gasteiger partial charge in [-0.15, -0.1) is 0 Å². The molecule has 0 aliphatic carbocycles. The van der Waals surface area contributed by atoms with Crippen LogP contribution in [0.15, 0.2) is 93.8 Å². The molecule has 0 spiro atoms. The molecule has 3 aromatic carbocycles. The molecule has 5 rings (SSSR count). The van der Waals surface area contributed by atoms with Gasteiger partial charge in [-0.2, -0.15) is 0 Å². The van der Waals surface area contributed by atoms with Gasteiger partial charge in [-0.3, -0.25) is 9.52 Å². The van der Waals surface area contributed by atoms with E-state index < -0.39 is 10.0 Å². The molecule has 8 heteroatoms. The third-order valence-electron chi connectivity index (χ3n) is 7.24. The highest BCUT2D eigenvalue weighted by Crippen LogP contribution is 2.37. The lowest BCUT2D eigenvalue weighted by molar-refractivity contribution is 0.0929. The van der Waals surface area contributed by atoms with Crippen LogP contribution in [-0.2, 0) is 20.2 Å². The van der Waals surface area contributed by atoms with E-state index in [1.807, 2.05) is 42.5 Å². The van der Waals surface area contributed by atoms with Gasteiger partial charge in [0, 0.05) is 23.2 Å². The van der Waals surface area contributed by atoms with Crippen LogP contribution in [0.4, 0.5) is 5.69 Å². The predicted molar refractivity (Wildman–Crippen MR) is 163 cm³/mol. The Morgan fingerprint density at radius 1 is 0.951 bits per heavy atom. The van der Waals surface area contributed by atoms with E-state index in [0.717, 1.165) is 43.6 Å². The van der Waals surface area contributed by atoms with Gasteiger partial charge in [-0.25, -0.2) is 8.42 Å². The van der Waals surface area contributed by atoms with Gasteiger partial charge in [0.1, 0.15) is 5.58 Å². The van der Waals surface area contributed by atoms with Crippen LogP contribution in [0.5, 0.6) is 0 Å². The van der Waals surface area contributed by atoms with Gasteiger partial charge in [-0.05, 0) is 66.1 Å². The summed E-state index contributed by atoms with van der Waals surface area (Å²) in [5.41, 5.74) is 4.63. The minimum absolute atomic E-state index is 0.0814. The molecule has 1 aliphatic heterocycles. The third-order valence-corrected chi connectivity index (χ3v) is 8.63. The van der Waals surface area contributed by atoms with Gasteiger partial charge in [0.2, 0.25) is 5.76 Å². The van der Waals surface area contributed by atoms with Crippen molar-refractivity contribution in [1.29, 1.82) is 0 Å². The van der Waals surface area contributed by atoms with Crippen molar-refractivity contribution in [3.63, 3.8) is 0 Å². The standard InChI is InChI=1S/C33H36N2O5S/c1-33(2,3)25-11-14-27(15-12-25)41(37,38)35-26-13-16-29-28(22-26)30(24-9-5-4-6-10-24)31(40-29)32(36)34-19-7-8-23-17-20-39-21-18-23/h4-6,8-16,22,35H,7,17-21H2,1-3H3,(H,34,36). The van der Waals surface area contributed by atoms with Crippen LogP contribution >= 0.6 is 0 Å². The van der Waals surface area contributed by atoms with E-state index in [0.29, 0.717) is 28.8 Å². The van der Waals surface area contributed by atoms with E-state index in [9.17, 15) is 13.2 Å². The van der Waals surface area contributed by atoms with Crippen molar-refractivity contribution in [2.45, 2.75) is 50.3 Å². The van der Waals surface area contributed by atoms with Gasteiger partial charge in [0.25, 0.3) is 15.9 Å². The monoisotopic (exact) mass is 572 g/mol. The lowest BCUT2D eigenvalue weighted by Gasteiger charge is -2.19. The summed E-state index contributed by atoms with van der Waals surface area (Å²) < 4.78 is 40.6. The first-order valence-corrected chi connectivity index (χ1v) is 15.4. The van der Waals surface area contributed by atoms with Gasteiger partial charge < -0.3 is 14.5 Å². The first-order valence-electron chi connectivity index (χ1n) is 13.9. The van der Waals surface area contributed by atoms with Crippen molar-refractivity contribution < 1.29 is 22.4 Å². The molecule has 1 fully saturated rings. The van der Waals surface area contributed by atoms with Crippen molar-refractivity contribution in [1.82, 2.24) is 5.32 Å². The Labute approximate surface area is 241 Å². The van der Waals surface area contributed by atoms with E-state index in [1.54, 1.807) is 30.3 Å². The summed E-state index contributed by atoms with van der Waals surface area (Å²) in [6.45, 7) is 8.22. The Morgan fingerprint density at radius 3 is 2.34 bits per heavy atom. The van der Waals surface area contributed by atoms with Crippen LogP contribution in [0.25, 0.3) is 22.1 Å². The van der Waals surface area contributed by atoms with Gasteiger partial charge >= 0.3 is 0 Å². The number of anilines is 1. The molecule has 2 N–H and O–H groups in total. The van der Waals surface area contributed by atoms with Crippen LogP contribution < -0.4 is 10.0 Å². The number of benzene rings is 3. The summed E-state index contributed by atoms with van der Waals surface area (Å²) in [5, 5.41) is 3.63. The second-order valence-corrected chi connectivity index (χ2v) is 13.0. The van der Waals surface area contributed by atoms with Crippen LogP contribution in [-0.4, -0.2) is 34.1 Å². The zero-order valence-electron chi connectivity index (χ0n) is 23.7. The zero-order valence-corrected chi connectivity index (χ0v) is 24.5. The Morgan fingerprint density at radius 2 is 1.66 bits per heavy atom. The molecular formula is C33H36N2O5S. The minimum Gasteiger partial charge on any atom is -0.450 e. The number of fused-ring (bicyclic) bond motifs is 1. The summed E-state index contributed by atoms with van der Waals surface area (Å²) in [6, 6.07) is 21.5. The van der Waals surface area contributed by atoms with E-state index in [-0.39, 0.29) is 22.0 Å². The Bertz CT molecular complexity index is 1660. The number of sulfonamides is 1. The normalized spacial score (nSPS) is 14.2. The fraction of sp³-hybridized carbons (Fsp3) is 0.303. The Kier molecular flexibility index (Phi) is 8.33. The first-order chi connectivity index (χ1) is 19.6. The summed E-state index contributed by atoms with van der Waals surface area (Å²) >= 11 is 0. The number of furan rings is 1. The smallest absolute Gasteiger partial charge is 0.287 e. The fourth-order valence-electron chi connectivity index (χ4n) is 4.94. The SMILES string of the molecule is CC(C)(C)c1ccc(S(=O)(=O)Nc2ccc3oc(C(=O)NCCC=C4CCOCC4)c(-c4ccccc4)c3c2)cc1. The van der Waals surface area contributed by atoms with Crippen molar-refractivity contribution in [3.05, 3.63) is 95.8 Å². The second kappa shape index (κ2) is 11.9. The summed E-state index contributed by atoms with van der Waals surface area (Å²) in [7, 11) is -3.83. The summed E-state index contributed by atoms with van der Waals surface area (Å²) in [5.74, 6) is -0.116. The largest absolute Gasteiger partial charge is 0.450 e. The minimum atomic E-state index is -3.83. The van der Waals surface area contributed by atoms with E-state index >= 15 is 0 Å². The number of nitrogens with one attached hydrogen (secondary N) is 2. The molecule has 4 aromatic rings. The van der Waals surface area contributed by atoms with Crippen molar-refractivity contribution >= 4 is 32.6 Å².